The van der Waals surface area contributed by atoms with Gasteiger partial charge in [-0.1, -0.05) is 20.8 Å². The van der Waals surface area contributed by atoms with Crippen LogP contribution in [0.25, 0.3) is 0 Å². The van der Waals surface area contributed by atoms with Crippen molar-refractivity contribution in [3.63, 3.8) is 0 Å². The fraction of sp³-hybridized carbons (Fsp3) is 0.833. The lowest BCUT2D eigenvalue weighted by molar-refractivity contribution is -0.130. The van der Waals surface area contributed by atoms with Crippen molar-refractivity contribution < 1.29 is 9.59 Å². The van der Waals surface area contributed by atoms with E-state index < -0.39 is 12.1 Å². The lowest BCUT2D eigenvalue weighted by Crippen LogP contribution is -2.54. The van der Waals surface area contributed by atoms with E-state index >= 15 is 0 Å². The van der Waals surface area contributed by atoms with Crippen molar-refractivity contribution in [3.05, 3.63) is 0 Å². The van der Waals surface area contributed by atoms with Gasteiger partial charge in [0.1, 0.15) is 6.04 Å². The van der Waals surface area contributed by atoms with Crippen molar-refractivity contribution in [2.45, 2.75) is 59.7 Å². The van der Waals surface area contributed by atoms with E-state index in [0.717, 1.165) is 0 Å². The van der Waals surface area contributed by atoms with E-state index in [-0.39, 0.29) is 23.3 Å². The number of hydrogen-bond donors (Lipinski definition) is 3. The van der Waals surface area contributed by atoms with Gasteiger partial charge in [-0.15, -0.1) is 0 Å². The monoisotopic (exact) mass is 243 g/mol. The second kappa shape index (κ2) is 6.00. The van der Waals surface area contributed by atoms with Gasteiger partial charge in [-0.25, -0.2) is 0 Å². The van der Waals surface area contributed by atoms with E-state index in [2.05, 4.69) is 10.6 Å². The molecule has 0 rings (SSSR count). The first-order valence-electron chi connectivity index (χ1n) is 5.92. The number of carbonyl (C=O) groups excluding carboxylic acids is 2. The molecule has 0 aliphatic heterocycles. The summed E-state index contributed by atoms with van der Waals surface area (Å²) in [6.45, 7) is 11.0. The Morgan fingerprint density at radius 2 is 1.47 bits per heavy atom. The molecule has 0 bridgehead atoms. The standard InChI is InChI=1S/C12H25N3O2/c1-7(2)14-10(16)8(3)15-11(17)9(13)12(4,5)6/h7-9H,13H2,1-6H3,(H,14,16)(H,15,17)/t8?,9-/m1/s1. The highest BCUT2D eigenvalue weighted by Gasteiger charge is 2.29. The molecule has 0 aliphatic carbocycles. The summed E-state index contributed by atoms with van der Waals surface area (Å²) in [5.74, 6) is -0.502. The summed E-state index contributed by atoms with van der Waals surface area (Å²) in [7, 11) is 0. The number of nitrogens with two attached hydrogens (primary N) is 1. The quantitative estimate of drug-likeness (QED) is 0.668. The molecule has 0 heterocycles. The first-order valence-corrected chi connectivity index (χ1v) is 5.92. The van der Waals surface area contributed by atoms with E-state index in [1.54, 1.807) is 6.92 Å². The van der Waals surface area contributed by atoms with E-state index in [0.29, 0.717) is 0 Å². The molecular weight excluding hydrogens is 218 g/mol. The van der Waals surface area contributed by atoms with Gasteiger partial charge in [0.25, 0.3) is 0 Å². The zero-order chi connectivity index (χ0) is 13.8. The fourth-order valence-electron chi connectivity index (χ4n) is 1.17. The smallest absolute Gasteiger partial charge is 0.242 e. The lowest BCUT2D eigenvalue weighted by Gasteiger charge is -2.27. The van der Waals surface area contributed by atoms with Gasteiger partial charge in [0.15, 0.2) is 0 Å². The summed E-state index contributed by atoms with van der Waals surface area (Å²) in [6, 6.07) is -1.15. The molecule has 0 radical (unpaired) electrons. The van der Waals surface area contributed by atoms with E-state index in [9.17, 15) is 9.59 Å². The Balaban J connectivity index is 4.35. The van der Waals surface area contributed by atoms with Crippen molar-refractivity contribution in [1.29, 1.82) is 0 Å². The highest BCUT2D eigenvalue weighted by molar-refractivity contribution is 5.89. The highest BCUT2D eigenvalue weighted by Crippen LogP contribution is 2.17. The summed E-state index contributed by atoms with van der Waals surface area (Å²) >= 11 is 0. The Kier molecular flexibility index (Phi) is 5.61. The minimum atomic E-state index is -0.628. The molecule has 0 aromatic heterocycles. The minimum absolute atomic E-state index is 0.0538. The van der Waals surface area contributed by atoms with E-state index in [1.165, 1.54) is 0 Å². The van der Waals surface area contributed by atoms with Crippen LogP contribution in [0.5, 0.6) is 0 Å². The van der Waals surface area contributed by atoms with Crippen LogP contribution in [-0.4, -0.2) is 29.9 Å². The van der Waals surface area contributed by atoms with E-state index in [4.69, 9.17) is 5.73 Å². The van der Waals surface area contributed by atoms with Gasteiger partial charge < -0.3 is 16.4 Å². The largest absolute Gasteiger partial charge is 0.352 e. The summed E-state index contributed by atoms with van der Waals surface area (Å²) in [6.07, 6.45) is 0. The van der Waals surface area contributed by atoms with Crippen molar-refractivity contribution in [1.82, 2.24) is 10.6 Å². The first-order chi connectivity index (χ1) is 7.55. The molecular formula is C12H25N3O2. The van der Waals surface area contributed by atoms with Crippen molar-refractivity contribution in [3.8, 4) is 0 Å². The van der Waals surface area contributed by atoms with Crippen LogP contribution < -0.4 is 16.4 Å². The summed E-state index contributed by atoms with van der Waals surface area (Å²) in [5.41, 5.74) is 5.48. The van der Waals surface area contributed by atoms with Crippen molar-refractivity contribution in [2.75, 3.05) is 0 Å². The number of amides is 2. The second-order valence-electron chi connectivity index (χ2n) is 5.74. The SMILES string of the molecule is CC(C)NC(=O)C(C)NC(=O)[C@@H](N)C(C)(C)C. The summed E-state index contributed by atoms with van der Waals surface area (Å²) < 4.78 is 0. The van der Waals surface area contributed by atoms with Gasteiger partial charge in [0.05, 0.1) is 6.04 Å². The number of rotatable bonds is 4. The number of hydrogen-bond acceptors (Lipinski definition) is 3. The second-order valence-corrected chi connectivity index (χ2v) is 5.74. The molecule has 0 aromatic rings. The molecule has 5 nitrogen and oxygen atoms in total. The molecule has 4 N–H and O–H groups in total. The molecule has 1 unspecified atom stereocenters. The predicted molar refractivity (Wildman–Crippen MR) is 68.3 cm³/mol. The molecule has 5 heteroatoms. The molecule has 0 fully saturated rings. The maximum Gasteiger partial charge on any atom is 0.242 e. The maximum absolute atomic E-state index is 11.8. The number of carbonyl (C=O) groups is 2. The van der Waals surface area contributed by atoms with Crippen molar-refractivity contribution in [2.24, 2.45) is 11.1 Å². The Bertz CT molecular complexity index is 282. The minimum Gasteiger partial charge on any atom is -0.352 e. The maximum atomic E-state index is 11.8. The van der Waals surface area contributed by atoms with Crippen LogP contribution in [0.4, 0.5) is 0 Å². The van der Waals surface area contributed by atoms with Crippen LogP contribution in [0, 0.1) is 5.41 Å². The van der Waals surface area contributed by atoms with Gasteiger partial charge in [0, 0.05) is 6.04 Å². The molecule has 2 amide bonds. The molecule has 17 heavy (non-hydrogen) atoms. The third kappa shape index (κ3) is 5.68. The Morgan fingerprint density at radius 1 is 1.00 bits per heavy atom. The van der Waals surface area contributed by atoms with Crippen LogP contribution in [-0.2, 0) is 9.59 Å². The van der Waals surface area contributed by atoms with Gasteiger partial charge in [-0.3, -0.25) is 9.59 Å². The first kappa shape index (κ1) is 15.9. The average Bonchev–Trinajstić information content (AvgIpc) is 2.13. The molecule has 0 aliphatic rings. The van der Waals surface area contributed by atoms with Crippen LogP contribution in [0.2, 0.25) is 0 Å². The third-order valence-corrected chi connectivity index (χ3v) is 2.40. The fourth-order valence-corrected chi connectivity index (χ4v) is 1.17. The molecule has 100 valence electrons. The van der Waals surface area contributed by atoms with Gasteiger partial charge >= 0.3 is 0 Å². The van der Waals surface area contributed by atoms with Gasteiger partial charge in [0.2, 0.25) is 11.8 Å². The van der Waals surface area contributed by atoms with Gasteiger partial charge in [-0.05, 0) is 26.2 Å². The highest BCUT2D eigenvalue weighted by atomic mass is 16.2. The molecule has 0 saturated carbocycles. The van der Waals surface area contributed by atoms with Crippen molar-refractivity contribution >= 4 is 11.8 Å². The van der Waals surface area contributed by atoms with Crippen LogP contribution in [0.15, 0.2) is 0 Å². The van der Waals surface area contributed by atoms with Crippen LogP contribution in [0.1, 0.15) is 41.5 Å². The molecule has 0 aromatic carbocycles. The zero-order valence-electron chi connectivity index (χ0n) is 11.6. The zero-order valence-corrected chi connectivity index (χ0v) is 11.6. The summed E-state index contributed by atoms with van der Waals surface area (Å²) in [5, 5.41) is 5.35. The Labute approximate surface area is 104 Å². The third-order valence-electron chi connectivity index (χ3n) is 2.40. The molecule has 2 atom stereocenters. The van der Waals surface area contributed by atoms with Crippen LogP contribution in [0.3, 0.4) is 0 Å². The molecule has 0 saturated heterocycles. The average molecular weight is 243 g/mol. The lowest BCUT2D eigenvalue weighted by atomic mass is 9.87. The topological polar surface area (TPSA) is 84.2 Å². The predicted octanol–water partition coefficient (Wildman–Crippen LogP) is 0.389. The Morgan fingerprint density at radius 3 is 1.82 bits per heavy atom. The van der Waals surface area contributed by atoms with Gasteiger partial charge in [-0.2, -0.15) is 0 Å². The van der Waals surface area contributed by atoms with Crippen LogP contribution >= 0.6 is 0 Å². The van der Waals surface area contributed by atoms with E-state index in [1.807, 2.05) is 34.6 Å². The molecule has 0 spiro atoms. The Hall–Kier alpha value is -1.10. The number of nitrogens with one attached hydrogen (secondary N) is 2. The summed E-state index contributed by atoms with van der Waals surface area (Å²) in [4.78, 5) is 23.4. The normalized spacial score (nSPS) is 15.3.